The molecular formula is C35H40ClN5O4. The van der Waals surface area contributed by atoms with E-state index in [1.54, 1.807) is 36.3 Å². The number of esters is 1. The number of imidazole rings is 1. The van der Waals surface area contributed by atoms with Gasteiger partial charge >= 0.3 is 5.97 Å². The highest BCUT2D eigenvalue weighted by atomic mass is 35.5. The number of nitrogens with one attached hydrogen (secondary N) is 1. The molecular weight excluding hydrogens is 590 g/mol. The molecule has 0 radical (unpaired) electrons. The minimum Gasteiger partial charge on any atom is -0.507 e. The molecule has 2 N–H and O–H groups in total. The van der Waals surface area contributed by atoms with Gasteiger partial charge in [0, 0.05) is 41.5 Å². The number of aryl methyl sites for hydroxylation is 1. The smallest absolute Gasteiger partial charge is 0.306 e. The Morgan fingerprint density at radius 3 is 2.58 bits per heavy atom. The Morgan fingerprint density at radius 2 is 1.89 bits per heavy atom. The van der Waals surface area contributed by atoms with Crippen molar-refractivity contribution in [2.45, 2.75) is 53.0 Å². The van der Waals surface area contributed by atoms with Crippen molar-refractivity contribution in [2.75, 3.05) is 13.7 Å². The van der Waals surface area contributed by atoms with Crippen LogP contribution in [-0.4, -0.2) is 55.3 Å². The molecule has 0 saturated carbocycles. The number of rotatable bonds is 7. The van der Waals surface area contributed by atoms with Gasteiger partial charge in [0.25, 0.3) is 0 Å². The van der Waals surface area contributed by atoms with Crippen molar-refractivity contribution in [3.05, 3.63) is 76.7 Å². The van der Waals surface area contributed by atoms with Gasteiger partial charge in [0.1, 0.15) is 17.3 Å². The summed E-state index contributed by atoms with van der Waals surface area (Å²) in [5.74, 6) is 6.32. The predicted octanol–water partition coefficient (Wildman–Crippen LogP) is 6.76. The van der Waals surface area contributed by atoms with Gasteiger partial charge in [-0.25, -0.2) is 4.98 Å². The van der Waals surface area contributed by atoms with Crippen LogP contribution in [0.2, 0.25) is 5.02 Å². The molecule has 1 saturated heterocycles. The van der Waals surface area contributed by atoms with E-state index in [9.17, 15) is 14.7 Å². The molecule has 3 heterocycles. The van der Waals surface area contributed by atoms with Gasteiger partial charge in [-0.1, -0.05) is 63.3 Å². The fourth-order valence-corrected chi connectivity index (χ4v) is 5.59. The van der Waals surface area contributed by atoms with Gasteiger partial charge in [0.15, 0.2) is 0 Å². The average Bonchev–Trinajstić information content (AvgIpc) is 3.80. The van der Waals surface area contributed by atoms with Crippen LogP contribution in [-0.2, 0) is 21.4 Å². The molecule has 1 fully saturated rings. The molecule has 5 rings (SSSR count). The summed E-state index contributed by atoms with van der Waals surface area (Å²) in [7, 11) is 3.15. The summed E-state index contributed by atoms with van der Waals surface area (Å²) in [4.78, 5) is 35.3. The third kappa shape index (κ3) is 7.76. The van der Waals surface area contributed by atoms with E-state index in [4.69, 9.17) is 16.3 Å². The Bertz CT molecular complexity index is 1700. The first kappa shape index (κ1) is 33.3. The van der Waals surface area contributed by atoms with Crippen molar-refractivity contribution in [1.29, 1.82) is 0 Å². The van der Waals surface area contributed by atoms with E-state index in [0.717, 1.165) is 29.7 Å². The number of benzene rings is 2. The van der Waals surface area contributed by atoms with E-state index in [0.29, 0.717) is 34.2 Å². The molecule has 1 aliphatic heterocycles. The van der Waals surface area contributed by atoms with Crippen molar-refractivity contribution >= 4 is 23.5 Å². The van der Waals surface area contributed by atoms with Gasteiger partial charge in [-0.15, -0.1) is 0 Å². The van der Waals surface area contributed by atoms with Crippen molar-refractivity contribution in [3.63, 3.8) is 0 Å². The number of nitrogens with zero attached hydrogens (tertiary/aromatic N) is 4. The van der Waals surface area contributed by atoms with E-state index >= 15 is 0 Å². The van der Waals surface area contributed by atoms with Crippen molar-refractivity contribution in [3.8, 4) is 40.2 Å². The number of phenols is 1. The van der Waals surface area contributed by atoms with Crippen LogP contribution in [0.4, 0.5) is 0 Å². The maximum absolute atomic E-state index is 13.5. The third-order valence-corrected chi connectivity index (χ3v) is 8.00. The van der Waals surface area contributed by atoms with Crippen LogP contribution in [0.25, 0.3) is 22.6 Å². The topological polar surface area (TPSA) is 113 Å². The first-order valence-electron chi connectivity index (χ1n) is 15.2. The summed E-state index contributed by atoms with van der Waals surface area (Å²) in [5.41, 5.74) is 4.31. The van der Waals surface area contributed by atoms with Gasteiger partial charge in [0.2, 0.25) is 5.91 Å². The Labute approximate surface area is 269 Å². The van der Waals surface area contributed by atoms with Gasteiger partial charge in [0.05, 0.1) is 42.9 Å². The summed E-state index contributed by atoms with van der Waals surface area (Å²) in [6.07, 6.45) is 5.38. The van der Waals surface area contributed by atoms with Crippen molar-refractivity contribution in [1.82, 2.24) is 24.6 Å². The van der Waals surface area contributed by atoms with E-state index in [1.165, 1.54) is 13.2 Å². The number of hydrogen-bond acceptors (Lipinski definition) is 6. The minimum atomic E-state index is -0.428. The zero-order valence-corrected chi connectivity index (χ0v) is 27.4. The second-order valence-electron chi connectivity index (χ2n) is 11.1. The van der Waals surface area contributed by atoms with E-state index < -0.39 is 5.92 Å². The number of ether oxygens (including phenoxy) is 1. The van der Waals surface area contributed by atoms with Gasteiger partial charge in [-0.2, -0.15) is 5.10 Å². The highest BCUT2D eigenvalue weighted by Crippen LogP contribution is 2.35. The maximum Gasteiger partial charge on any atom is 0.306 e. The number of phenolic OH excluding ortho intramolecular Hbond substituents is 1. The quantitative estimate of drug-likeness (QED) is 0.172. The molecule has 0 spiro atoms. The van der Waals surface area contributed by atoms with Gasteiger partial charge < -0.3 is 19.7 Å². The van der Waals surface area contributed by atoms with E-state index in [-0.39, 0.29) is 36.0 Å². The number of carbonyl (C=O) groups excluding carboxylic acids is 2. The first-order valence-corrected chi connectivity index (χ1v) is 15.6. The summed E-state index contributed by atoms with van der Waals surface area (Å²) in [6, 6.07) is 12.4. The lowest BCUT2D eigenvalue weighted by atomic mass is 9.90. The first-order chi connectivity index (χ1) is 21.6. The van der Waals surface area contributed by atoms with Crippen LogP contribution in [0.1, 0.15) is 69.8 Å². The van der Waals surface area contributed by atoms with Crippen LogP contribution in [0.15, 0.2) is 54.9 Å². The van der Waals surface area contributed by atoms with E-state index in [1.807, 2.05) is 56.9 Å². The zero-order chi connectivity index (χ0) is 32.7. The van der Waals surface area contributed by atoms with Gasteiger partial charge in [-0.05, 0) is 49.1 Å². The van der Waals surface area contributed by atoms with Crippen LogP contribution in [0.5, 0.6) is 5.75 Å². The monoisotopic (exact) mass is 629 g/mol. The number of aromatic amines is 1. The lowest BCUT2D eigenvalue weighted by molar-refractivity contribution is -0.148. The maximum atomic E-state index is 13.5. The Balaban J connectivity index is 0.00000226. The lowest BCUT2D eigenvalue weighted by Crippen LogP contribution is -2.39. The molecule has 9 nitrogen and oxygen atoms in total. The minimum absolute atomic E-state index is 0.0144. The molecule has 10 heteroatoms. The number of likely N-dealkylation sites (tertiary alicyclic amines) is 1. The van der Waals surface area contributed by atoms with Crippen LogP contribution < -0.4 is 0 Å². The Hall–Kier alpha value is -4.55. The number of amides is 1. The van der Waals surface area contributed by atoms with Crippen LogP contribution in [0, 0.1) is 23.7 Å². The SMILES string of the molecule is CC.COC(=O)C[C@H](C(=O)N1CCC[C@H]1c1cnc(-c2ccc(C#Cc3cn(C)nc3-c3cc(Cl)ccc3O)cc2)[nH]1)C(C)C. The predicted molar refractivity (Wildman–Crippen MR) is 175 cm³/mol. The standard InChI is InChI=1S/C33H34ClN5O4.C2H6/c1-20(2)25(17-30(41)43-4)33(42)39-15-5-6-28(39)27-18-35-32(36-27)22-10-7-21(8-11-22)9-12-23-19-38(3)37-31(23)26-16-24(34)13-14-29(26)40;1-2/h7-8,10-11,13-14,16,18-20,25,28,40H,5-6,15,17H2,1-4H3,(H,35,36);1-2H3/t25-,28-;/m0./s1. The fraction of sp³-hybridized carbons (Fsp3) is 0.371. The molecule has 2 aromatic carbocycles. The number of aromatic nitrogens is 4. The highest BCUT2D eigenvalue weighted by molar-refractivity contribution is 6.31. The zero-order valence-electron chi connectivity index (χ0n) is 26.6. The Kier molecular flexibility index (Phi) is 11.1. The Morgan fingerprint density at radius 1 is 1.16 bits per heavy atom. The second kappa shape index (κ2) is 15.0. The molecule has 2 aromatic heterocycles. The van der Waals surface area contributed by atoms with E-state index in [2.05, 4.69) is 26.9 Å². The number of carbonyl (C=O) groups is 2. The second-order valence-corrected chi connectivity index (χ2v) is 11.5. The molecule has 0 aliphatic carbocycles. The van der Waals surface area contributed by atoms with Crippen LogP contribution in [0.3, 0.4) is 0 Å². The van der Waals surface area contributed by atoms with Crippen LogP contribution >= 0.6 is 11.6 Å². The number of H-pyrrole nitrogens is 1. The number of hydrogen-bond donors (Lipinski definition) is 2. The molecule has 236 valence electrons. The highest BCUT2D eigenvalue weighted by Gasteiger charge is 2.37. The average molecular weight is 630 g/mol. The molecule has 1 amide bonds. The number of halogens is 1. The summed E-state index contributed by atoms with van der Waals surface area (Å²) in [5, 5.41) is 15.3. The molecule has 0 unspecified atom stereocenters. The molecule has 45 heavy (non-hydrogen) atoms. The van der Waals surface area contributed by atoms with Crippen molar-refractivity contribution in [2.24, 2.45) is 18.9 Å². The molecule has 2 atom stereocenters. The molecule has 1 aliphatic rings. The summed E-state index contributed by atoms with van der Waals surface area (Å²) >= 11 is 6.15. The fourth-order valence-electron chi connectivity index (χ4n) is 5.42. The normalized spacial score (nSPS) is 14.8. The third-order valence-electron chi connectivity index (χ3n) is 7.77. The van der Waals surface area contributed by atoms with Gasteiger partial charge in [-0.3, -0.25) is 14.3 Å². The molecule has 0 bridgehead atoms. The number of aromatic hydroxyl groups is 1. The van der Waals surface area contributed by atoms with Crippen molar-refractivity contribution < 1.29 is 19.4 Å². The summed E-state index contributed by atoms with van der Waals surface area (Å²) < 4.78 is 6.49. The summed E-state index contributed by atoms with van der Waals surface area (Å²) in [6.45, 7) is 8.56. The lowest BCUT2D eigenvalue weighted by Gasteiger charge is -2.29. The largest absolute Gasteiger partial charge is 0.507 e. The number of methoxy groups -OCH3 is 1. The molecule has 4 aromatic rings.